The highest BCUT2D eigenvalue weighted by Gasteiger charge is 2.43. The number of nitrogens with two attached hydrogens (primary N) is 1. The molecule has 0 spiro atoms. The number of hydrogen-bond donors (Lipinski definition) is 1. The highest BCUT2D eigenvalue weighted by atomic mass is 19.4. The van der Waals surface area contributed by atoms with Crippen molar-refractivity contribution in [3.63, 3.8) is 0 Å². The average molecular weight is 496 g/mol. The first-order chi connectivity index (χ1) is 16.2. The van der Waals surface area contributed by atoms with Crippen LogP contribution in [0.3, 0.4) is 0 Å². The highest BCUT2D eigenvalue weighted by Crippen LogP contribution is 2.45. The van der Waals surface area contributed by atoms with Crippen molar-refractivity contribution >= 4 is 0 Å². The lowest BCUT2D eigenvalue weighted by Crippen LogP contribution is -2.46. The monoisotopic (exact) mass is 495 g/mol. The fraction of sp³-hybridized carbons (Fsp3) is 0.500. The van der Waals surface area contributed by atoms with Gasteiger partial charge in [-0.2, -0.15) is 13.2 Å². The Balaban J connectivity index is 3.47. The molecule has 0 aromatic heterocycles. The zero-order valence-corrected chi connectivity index (χ0v) is 22.1. The summed E-state index contributed by atoms with van der Waals surface area (Å²) < 4.78 is 54.0. The molecule has 1 aliphatic carbocycles. The van der Waals surface area contributed by atoms with Crippen LogP contribution in [-0.2, 0) is 0 Å². The number of nitrogens with zero attached hydrogens (tertiary/aromatic N) is 2. The van der Waals surface area contributed by atoms with Crippen LogP contribution in [0.15, 0.2) is 83.4 Å². The molecule has 1 rings (SSSR count). The molecule has 3 atom stereocenters. The van der Waals surface area contributed by atoms with Gasteiger partial charge in [-0.05, 0) is 50.3 Å². The molecule has 0 aromatic rings. The third-order valence-corrected chi connectivity index (χ3v) is 6.55. The van der Waals surface area contributed by atoms with Crippen molar-refractivity contribution in [2.24, 2.45) is 17.1 Å². The van der Waals surface area contributed by atoms with Crippen molar-refractivity contribution < 1.29 is 17.6 Å². The van der Waals surface area contributed by atoms with Crippen LogP contribution in [0.5, 0.6) is 0 Å². The van der Waals surface area contributed by atoms with Crippen LogP contribution >= 0.6 is 0 Å². The molecule has 0 aliphatic heterocycles. The zero-order chi connectivity index (χ0) is 27.0. The molecule has 2 N–H and O–H groups in total. The largest absolute Gasteiger partial charge is 0.416 e. The lowest BCUT2D eigenvalue weighted by molar-refractivity contribution is -0.0897. The molecule has 0 amide bonds. The molecule has 0 aromatic carbocycles. The van der Waals surface area contributed by atoms with E-state index in [1.54, 1.807) is 13.0 Å². The molecule has 0 saturated carbocycles. The topological polar surface area (TPSA) is 32.5 Å². The van der Waals surface area contributed by atoms with E-state index in [0.29, 0.717) is 12.2 Å². The molecule has 196 valence electrons. The zero-order valence-electron chi connectivity index (χ0n) is 22.1. The van der Waals surface area contributed by atoms with Crippen LogP contribution in [0.2, 0.25) is 0 Å². The lowest BCUT2D eigenvalue weighted by Gasteiger charge is -2.44. The summed E-state index contributed by atoms with van der Waals surface area (Å²) in [4.78, 5) is 0. The summed E-state index contributed by atoms with van der Waals surface area (Å²) in [5.41, 5.74) is 7.00. The van der Waals surface area contributed by atoms with E-state index >= 15 is 0 Å². The molecular weight excluding hydrogens is 454 g/mol. The molecule has 0 radical (unpaired) electrons. The summed E-state index contributed by atoms with van der Waals surface area (Å²) in [5, 5.41) is 4.02. The molecule has 3 nitrogen and oxygen atoms in total. The van der Waals surface area contributed by atoms with Crippen LogP contribution in [0.1, 0.15) is 48.0 Å². The van der Waals surface area contributed by atoms with Crippen molar-refractivity contribution in [1.82, 2.24) is 10.0 Å². The van der Waals surface area contributed by atoms with Gasteiger partial charge in [0, 0.05) is 30.7 Å². The van der Waals surface area contributed by atoms with E-state index in [9.17, 15) is 17.6 Å². The Morgan fingerprint density at radius 2 is 1.91 bits per heavy atom. The Hall–Kier alpha value is -2.38. The number of alkyl halides is 3. The van der Waals surface area contributed by atoms with Crippen LogP contribution < -0.4 is 5.73 Å². The number of rotatable bonds is 11. The van der Waals surface area contributed by atoms with E-state index in [2.05, 4.69) is 13.5 Å². The van der Waals surface area contributed by atoms with Gasteiger partial charge < -0.3 is 10.7 Å². The SMILES string of the molecule is C=C(/C(=C/C)C(C)C1(C)C=C(C(F)(F)F)C=CC1N)N(CC(/C=C\C)=C/C=C(\C)F)N(C)CCC. The summed E-state index contributed by atoms with van der Waals surface area (Å²) in [6.07, 6.45) is 8.97. The Morgan fingerprint density at radius 1 is 1.29 bits per heavy atom. The van der Waals surface area contributed by atoms with Gasteiger partial charge in [-0.3, -0.25) is 0 Å². The highest BCUT2D eigenvalue weighted by molar-refractivity contribution is 5.40. The quantitative estimate of drug-likeness (QED) is 0.184. The molecule has 7 heteroatoms. The smallest absolute Gasteiger partial charge is 0.324 e. The number of hydrazine groups is 1. The van der Waals surface area contributed by atoms with E-state index in [-0.39, 0.29) is 11.7 Å². The van der Waals surface area contributed by atoms with Crippen LogP contribution in [0.4, 0.5) is 17.6 Å². The van der Waals surface area contributed by atoms with E-state index in [1.807, 2.05) is 56.1 Å². The third kappa shape index (κ3) is 8.07. The van der Waals surface area contributed by atoms with Gasteiger partial charge in [-0.15, -0.1) is 0 Å². The second-order valence-corrected chi connectivity index (χ2v) is 9.19. The third-order valence-electron chi connectivity index (χ3n) is 6.55. The molecule has 0 saturated heterocycles. The van der Waals surface area contributed by atoms with E-state index in [1.165, 1.54) is 25.2 Å². The minimum Gasteiger partial charge on any atom is -0.324 e. The van der Waals surface area contributed by atoms with Crippen LogP contribution in [0.25, 0.3) is 0 Å². The van der Waals surface area contributed by atoms with Gasteiger partial charge in [0.05, 0.1) is 17.9 Å². The first kappa shape index (κ1) is 30.7. The fourth-order valence-corrected chi connectivity index (χ4v) is 4.27. The molecular formula is C28H41F4N3. The van der Waals surface area contributed by atoms with Gasteiger partial charge in [0.2, 0.25) is 0 Å². The second-order valence-electron chi connectivity index (χ2n) is 9.19. The van der Waals surface area contributed by atoms with E-state index in [0.717, 1.165) is 30.2 Å². The van der Waals surface area contributed by atoms with Crippen LogP contribution in [-0.4, -0.2) is 42.4 Å². The summed E-state index contributed by atoms with van der Waals surface area (Å²) in [5.74, 6) is -0.668. The molecule has 3 unspecified atom stereocenters. The molecule has 0 bridgehead atoms. The molecule has 35 heavy (non-hydrogen) atoms. The number of halogens is 4. The predicted octanol–water partition coefficient (Wildman–Crippen LogP) is 7.41. The van der Waals surface area contributed by atoms with Gasteiger partial charge >= 0.3 is 6.18 Å². The molecule has 0 fully saturated rings. The number of allylic oxidation sites excluding steroid dienone is 8. The number of hydrogen-bond acceptors (Lipinski definition) is 3. The summed E-state index contributed by atoms with van der Waals surface area (Å²) in [7, 11) is 1.94. The van der Waals surface area contributed by atoms with E-state index < -0.39 is 23.2 Å². The van der Waals surface area contributed by atoms with Gasteiger partial charge in [0.1, 0.15) is 0 Å². The maximum absolute atomic E-state index is 13.5. The first-order valence-electron chi connectivity index (χ1n) is 12.0. The fourth-order valence-electron chi connectivity index (χ4n) is 4.27. The normalized spacial score (nSPS) is 23.2. The molecule has 1 aliphatic rings. The minimum atomic E-state index is -4.45. The van der Waals surface area contributed by atoms with Gasteiger partial charge in [-0.1, -0.05) is 69.9 Å². The lowest BCUT2D eigenvalue weighted by atomic mass is 9.66. The van der Waals surface area contributed by atoms with Crippen molar-refractivity contribution in [3.8, 4) is 0 Å². The van der Waals surface area contributed by atoms with Crippen LogP contribution in [0, 0.1) is 11.3 Å². The van der Waals surface area contributed by atoms with Gasteiger partial charge in [0.15, 0.2) is 0 Å². The summed E-state index contributed by atoms with van der Waals surface area (Å²) in [6.45, 7) is 16.3. The van der Waals surface area contributed by atoms with Crippen molar-refractivity contribution in [3.05, 3.63) is 83.4 Å². The summed E-state index contributed by atoms with van der Waals surface area (Å²) >= 11 is 0. The maximum atomic E-state index is 13.5. The van der Waals surface area contributed by atoms with E-state index in [4.69, 9.17) is 5.73 Å². The second kappa shape index (κ2) is 13.1. The van der Waals surface area contributed by atoms with Gasteiger partial charge in [0.25, 0.3) is 0 Å². The van der Waals surface area contributed by atoms with Crippen molar-refractivity contribution in [2.75, 3.05) is 20.1 Å². The Bertz CT molecular complexity index is 917. The Kier molecular flexibility index (Phi) is 11.4. The predicted molar refractivity (Wildman–Crippen MR) is 139 cm³/mol. The Labute approximate surface area is 208 Å². The first-order valence-corrected chi connectivity index (χ1v) is 12.0. The van der Waals surface area contributed by atoms with Crippen molar-refractivity contribution in [1.29, 1.82) is 0 Å². The minimum absolute atomic E-state index is 0.304. The van der Waals surface area contributed by atoms with Crippen molar-refractivity contribution in [2.45, 2.75) is 60.2 Å². The average Bonchev–Trinajstić information content (AvgIpc) is 2.77. The summed E-state index contributed by atoms with van der Waals surface area (Å²) in [6, 6.07) is -0.593. The standard InChI is InChI=1S/C28H41F4N3/c1-9-12-23(14-13-20(4)29)19-35(34(8)17-10-2)22(6)25(11-3)21(5)27(7)18-24(28(30,31)32)15-16-26(27)33/h9,11-16,18,21,26H,6,10,17,19,33H2,1-5,7-8H3/b12-9-,20-13+,23-14+,25-11+. The maximum Gasteiger partial charge on any atom is 0.416 e. The van der Waals surface area contributed by atoms with Gasteiger partial charge in [-0.25, -0.2) is 9.40 Å². The Morgan fingerprint density at radius 3 is 2.40 bits per heavy atom. The molecule has 0 heterocycles.